The highest BCUT2D eigenvalue weighted by atomic mass is 19.4. The monoisotopic (exact) mass is 577 g/mol. The van der Waals surface area contributed by atoms with Crippen LogP contribution in [-0.4, -0.2) is 27.2 Å². The van der Waals surface area contributed by atoms with E-state index in [-0.39, 0.29) is 36.3 Å². The van der Waals surface area contributed by atoms with Gasteiger partial charge in [0.25, 0.3) is 11.5 Å². The summed E-state index contributed by atoms with van der Waals surface area (Å²) in [6.07, 6.45) is -8.37. The molecule has 0 bridgehead atoms. The maximum atomic E-state index is 13.7. The van der Waals surface area contributed by atoms with Crippen LogP contribution in [-0.2, 0) is 25.4 Å². The summed E-state index contributed by atoms with van der Waals surface area (Å²) in [7, 11) is 0. The third-order valence-electron chi connectivity index (χ3n) is 6.57. The third kappa shape index (κ3) is 6.59. The van der Waals surface area contributed by atoms with Crippen LogP contribution in [0.3, 0.4) is 0 Å². The van der Waals surface area contributed by atoms with E-state index in [0.29, 0.717) is 35.1 Å². The fraction of sp³-hybridized carbons (Fsp3) is 0.276. The summed E-state index contributed by atoms with van der Waals surface area (Å²) in [4.78, 5) is 31.5. The number of nitrogens with one attached hydrogen (secondary N) is 1. The number of rotatable bonds is 8. The number of pyridine rings is 2. The normalized spacial score (nSPS) is 12.9. The molecule has 0 aliphatic heterocycles. The van der Waals surface area contributed by atoms with Gasteiger partial charge < -0.3 is 15.0 Å². The molecule has 4 aromatic rings. The van der Waals surface area contributed by atoms with Crippen LogP contribution in [0, 0.1) is 5.92 Å². The molecule has 216 valence electrons. The average molecular weight is 578 g/mol. The maximum absolute atomic E-state index is 13.7. The van der Waals surface area contributed by atoms with Gasteiger partial charge in [-0.3, -0.25) is 14.6 Å². The fourth-order valence-corrected chi connectivity index (χ4v) is 4.44. The largest absolute Gasteiger partial charge is 0.416 e. The lowest BCUT2D eigenvalue weighted by molar-refractivity contribution is -0.143. The average Bonchev–Trinajstić information content (AvgIpc) is 2.94. The summed E-state index contributed by atoms with van der Waals surface area (Å²) in [5.74, 6) is -1.11. The van der Waals surface area contributed by atoms with Crippen LogP contribution in [0.25, 0.3) is 22.0 Å². The summed E-state index contributed by atoms with van der Waals surface area (Å²) in [5, 5.41) is 12.3. The summed E-state index contributed by atoms with van der Waals surface area (Å²) < 4.78 is 81.3. The first-order valence-corrected chi connectivity index (χ1v) is 12.6. The van der Waals surface area contributed by atoms with E-state index in [1.807, 2.05) is 0 Å². The number of aliphatic hydroxyl groups is 1. The van der Waals surface area contributed by atoms with Gasteiger partial charge in [-0.25, -0.2) is 0 Å². The molecule has 2 aromatic heterocycles. The Kier molecular flexibility index (Phi) is 8.52. The molecule has 41 heavy (non-hydrogen) atoms. The highest BCUT2D eigenvalue weighted by Gasteiger charge is 2.37. The quantitative estimate of drug-likeness (QED) is 0.250. The summed E-state index contributed by atoms with van der Waals surface area (Å²) in [6, 6.07) is 12.8. The first kappa shape index (κ1) is 29.8. The van der Waals surface area contributed by atoms with Crippen molar-refractivity contribution in [2.45, 2.75) is 38.8 Å². The number of carbonyl (C=O) groups excluding carboxylic acids is 1. The van der Waals surface area contributed by atoms with Crippen LogP contribution in [0.2, 0.25) is 0 Å². The van der Waals surface area contributed by atoms with Crippen LogP contribution in [0.1, 0.15) is 40.5 Å². The summed E-state index contributed by atoms with van der Waals surface area (Å²) in [6.45, 7) is 0.891. The number of amides is 1. The molecule has 0 fully saturated rings. The predicted octanol–water partition coefficient (Wildman–Crippen LogP) is 6.05. The van der Waals surface area contributed by atoms with Crippen molar-refractivity contribution in [2.24, 2.45) is 5.92 Å². The standard InChI is InChI=1S/C29H25F6N3O3/c1-17(16-39)9-11-38-25(23(19-6-3-2-4-7-19)22-8-5-10-36-24(22)27(38)41)26(40)37-15-18-12-20(28(30,31)32)14-21(13-18)29(33,34)35/h2-8,10,12-14,17,39H,9,11,15-16H2,1H3,(H,37,40)/t17-/m1/s1. The molecule has 0 saturated carbocycles. The Morgan fingerprint density at radius 1 is 0.976 bits per heavy atom. The molecule has 1 amide bonds. The van der Waals surface area contributed by atoms with Gasteiger partial charge in [0.05, 0.1) is 11.1 Å². The van der Waals surface area contributed by atoms with E-state index in [4.69, 9.17) is 0 Å². The van der Waals surface area contributed by atoms with E-state index < -0.39 is 47.1 Å². The Morgan fingerprint density at radius 2 is 1.61 bits per heavy atom. The van der Waals surface area contributed by atoms with Crippen molar-refractivity contribution in [3.05, 3.63) is 99.6 Å². The third-order valence-corrected chi connectivity index (χ3v) is 6.57. The first-order chi connectivity index (χ1) is 19.3. The topological polar surface area (TPSA) is 84.2 Å². The minimum absolute atomic E-state index is 0.00254. The Labute approximate surface area is 230 Å². The van der Waals surface area contributed by atoms with E-state index in [2.05, 4.69) is 10.3 Å². The molecule has 0 aliphatic rings. The van der Waals surface area contributed by atoms with Gasteiger partial charge in [0.1, 0.15) is 11.2 Å². The smallest absolute Gasteiger partial charge is 0.396 e. The van der Waals surface area contributed by atoms with E-state index >= 15 is 0 Å². The predicted molar refractivity (Wildman–Crippen MR) is 140 cm³/mol. The number of carbonyl (C=O) groups is 1. The number of hydrogen-bond donors (Lipinski definition) is 2. The zero-order chi connectivity index (χ0) is 29.9. The van der Waals surface area contributed by atoms with Crippen molar-refractivity contribution >= 4 is 16.8 Å². The zero-order valence-electron chi connectivity index (χ0n) is 21.7. The van der Waals surface area contributed by atoms with Crippen molar-refractivity contribution in [2.75, 3.05) is 6.61 Å². The molecule has 0 saturated heterocycles. The lowest BCUT2D eigenvalue weighted by atomic mass is 9.97. The summed E-state index contributed by atoms with van der Waals surface area (Å²) >= 11 is 0. The number of fused-ring (bicyclic) bond motifs is 1. The number of nitrogens with zero attached hydrogens (tertiary/aromatic N) is 2. The van der Waals surface area contributed by atoms with Gasteiger partial charge in [-0.05, 0) is 47.7 Å². The van der Waals surface area contributed by atoms with Gasteiger partial charge in [-0.15, -0.1) is 0 Å². The number of hydrogen-bond acceptors (Lipinski definition) is 4. The Morgan fingerprint density at radius 3 is 2.20 bits per heavy atom. The van der Waals surface area contributed by atoms with Gasteiger partial charge in [-0.2, -0.15) is 26.3 Å². The lowest BCUT2D eigenvalue weighted by Gasteiger charge is -2.20. The number of aliphatic hydroxyl groups excluding tert-OH is 1. The van der Waals surface area contributed by atoms with E-state index in [1.165, 1.54) is 10.8 Å². The van der Waals surface area contributed by atoms with Gasteiger partial charge in [-0.1, -0.05) is 43.3 Å². The molecule has 0 spiro atoms. The Balaban J connectivity index is 1.85. The second kappa shape index (κ2) is 11.7. The molecule has 4 rings (SSSR count). The highest BCUT2D eigenvalue weighted by Crippen LogP contribution is 2.36. The van der Waals surface area contributed by atoms with Gasteiger partial charge in [0.2, 0.25) is 0 Å². The zero-order valence-corrected chi connectivity index (χ0v) is 21.7. The summed E-state index contributed by atoms with van der Waals surface area (Å²) in [5.41, 5.74) is -3.23. The number of alkyl halides is 6. The van der Waals surface area contributed by atoms with Crippen molar-refractivity contribution in [1.29, 1.82) is 0 Å². The molecule has 1 atom stereocenters. The Bertz CT molecular complexity index is 1580. The fourth-order valence-electron chi connectivity index (χ4n) is 4.44. The van der Waals surface area contributed by atoms with Gasteiger partial charge in [0.15, 0.2) is 0 Å². The number of aromatic nitrogens is 2. The SMILES string of the molecule is C[C@@H](CO)CCn1c(C(=O)NCc2cc(C(F)(F)F)cc(C(F)(F)F)c2)c(-c2ccccc2)c2cccnc2c1=O. The van der Waals surface area contributed by atoms with Crippen LogP contribution < -0.4 is 10.9 Å². The molecule has 6 nitrogen and oxygen atoms in total. The van der Waals surface area contributed by atoms with E-state index in [1.54, 1.807) is 49.4 Å². The van der Waals surface area contributed by atoms with Gasteiger partial charge in [0, 0.05) is 36.8 Å². The first-order valence-electron chi connectivity index (χ1n) is 12.6. The van der Waals surface area contributed by atoms with Crippen LogP contribution >= 0.6 is 0 Å². The van der Waals surface area contributed by atoms with Crippen molar-refractivity contribution in [3.8, 4) is 11.1 Å². The van der Waals surface area contributed by atoms with Crippen molar-refractivity contribution in [1.82, 2.24) is 14.9 Å². The molecule has 2 heterocycles. The molecular weight excluding hydrogens is 552 g/mol. The minimum atomic E-state index is -5.05. The lowest BCUT2D eigenvalue weighted by Crippen LogP contribution is -2.34. The second-order valence-corrected chi connectivity index (χ2v) is 9.62. The molecule has 2 aromatic carbocycles. The maximum Gasteiger partial charge on any atom is 0.416 e. The van der Waals surface area contributed by atoms with Crippen LogP contribution in [0.15, 0.2) is 71.7 Å². The second-order valence-electron chi connectivity index (χ2n) is 9.62. The van der Waals surface area contributed by atoms with E-state index in [0.717, 1.165) is 0 Å². The molecule has 0 aliphatic carbocycles. The van der Waals surface area contributed by atoms with Gasteiger partial charge >= 0.3 is 12.4 Å². The molecule has 12 heteroatoms. The highest BCUT2D eigenvalue weighted by molar-refractivity contribution is 6.07. The van der Waals surface area contributed by atoms with Crippen LogP contribution in [0.4, 0.5) is 26.3 Å². The van der Waals surface area contributed by atoms with Crippen molar-refractivity contribution in [3.63, 3.8) is 0 Å². The van der Waals surface area contributed by atoms with Crippen molar-refractivity contribution < 1.29 is 36.2 Å². The molecule has 0 radical (unpaired) electrons. The van der Waals surface area contributed by atoms with E-state index in [9.17, 15) is 41.0 Å². The Hall–Kier alpha value is -4.19. The molecule has 2 N–H and O–H groups in total. The molecular formula is C29H25F6N3O3. The minimum Gasteiger partial charge on any atom is -0.396 e. The number of benzene rings is 2. The van der Waals surface area contributed by atoms with Crippen LogP contribution in [0.5, 0.6) is 0 Å². The molecule has 0 unspecified atom stereocenters. The number of halogens is 6.